The van der Waals surface area contributed by atoms with Crippen LogP contribution in [0.1, 0.15) is 31.9 Å². The third-order valence-corrected chi connectivity index (χ3v) is 4.55. The van der Waals surface area contributed by atoms with E-state index in [0.29, 0.717) is 25.5 Å². The molecule has 144 valence electrons. The monoisotopic (exact) mass is 491 g/mol. The molecule has 1 aromatic rings. The molecule has 1 saturated heterocycles. The van der Waals surface area contributed by atoms with Gasteiger partial charge in [0.2, 0.25) is 0 Å². The molecule has 0 spiro atoms. The van der Waals surface area contributed by atoms with Gasteiger partial charge in [0.05, 0.1) is 18.7 Å². The van der Waals surface area contributed by atoms with Crippen molar-refractivity contribution in [3.8, 4) is 0 Å². The van der Waals surface area contributed by atoms with Crippen LogP contribution in [0.5, 0.6) is 0 Å². The molecule has 0 radical (unpaired) electrons. The molecule has 0 saturated carbocycles. The number of anilines is 1. The number of thiazole rings is 1. The molecule has 2 N–H and O–H groups in total. The first-order chi connectivity index (χ1) is 11.5. The highest BCUT2D eigenvalue weighted by Gasteiger charge is 2.26. The average molecular weight is 491 g/mol. The van der Waals surface area contributed by atoms with Gasteiger partial charge in [-0.3, -0.25) is 4.99 Å². The predicted octanol–water partition coefficient (Wildman–Crippen LogP) is 3.41. The number of halogens is 4. The molecule has 1 aliphatic rings. The largest absolute Gasteiger partial charge is 0.390 e. The molecule has 0 aliphatic carbocycles. The fourth-order valence-corrected chi connectivity index (χ4v) is 3.32. The molecule has 1 aromatic heterocycles. The zero-order valence-corrected chi connectivity index (χ0v) is 17.4. The molecule has 25 heavy (non-hydrogen) atoms. The van der Waals surface area contributed by atoms with E-state index in [0.717, 1.165) is 23.9 Å². The Bertz CT molecular complexity index is 529. The number of nitrogens with one attached hydrogen (secondary N) is 2. The fraction of sp³-hybridized carbons (Fsp3) is 0.733. The second kappa shape index (κ2) is 11.0. The summed E-state index contributed by atoms with van der Waals surface area (Å²) in [6.45, 7) is 4.94. The van der Waals surface area contributed by atoms with Crippen LogP contribution in [0.25, 0.3) is 0 Å². The number of aromatic nitrogens is 1. The topological polar surface area (TPSA) is 52.6 Å². The molecular weight excluding hydrogens is 466 g/mol. The number of hydrogen-bond donors (Lipinski definition) is 2. The molecule has 0 amide bonds. The summed E-state index contributed by atoms with van der Waals surface area (Å²) >= 11 is 1.65. The Labute approximate surface area is 167 Å². The van der Waals surface area contributed by atoms with Gasteiger partial charge in [-0.05, 0) is 19.8 Å². The second-order valence-corrected chi connectivity index (χ2v) is 6.45. The van der Waals surface area contributed by atoms with Gasteiger partial charge in [0.1, 0.15) is 0 Å². The summed E-state index contributed by atoms with van der Waals surface area (Å²) in [6, 6.07) is 0. The Morgan fingerprint density at radius 3 is 2.68 bits per heavy atom. The van der Waals surface area contributed by atoms with Crippen molar-refractivity contribution < 1.29 is 13.2 Å². The van der Waals surface area contributed by atoms with E-state index < -0.39 is 12.6 Å². The van der Waals surface area contributed by atoms with Gasteiger partial charge < -0.3 is 15.5 Å². The molecule has 0 atom stereocenters. The number of hydrogen-bond acceptors (Lipinski definition) is 4. The Hall–Kier alpha value is -0.780. The first-order valence-electron chi connectivity index (χ1n) is 8.26. The van der Waals surface area contributed by atoms with E-state index in [9.17, 15) is 13.2 Å². The molecule has 1 fully saturated rings. The Morgan fingerprint density at radius 2 is 2.04 bits per heavy atom. The zero-order valence-electron chi connectivity index (χ0n) is 14.2. The van der Waals surface area contributed by atoms with Gasteiger partial charge >= 0.3 is 6.18 Å². The normalized spacial score (nSPS) is 15.2. The lowest BCUT2D eigenvalue weighted by Gasteiger charge is -2.12. The fourth-order valence-electron chi connectivity index (χ4n) is 2.41. The smallest absolute Gasteiger partial charge is 0.357 e. The molecule has 5 nitrogen and oxygen atoms in total. The van der Waals surface area contributed by atoms with Crippen LogP contribution in [0, 0.1) is 0 Å². The SMILES string of the molecule is CCNC(=NCCC(F)(F)F)NCCc1csc(N2CCCC2)n1.I. The van der Waals surface area contributed by atoms with Gasteiger partial charge in [-0.25, -0.2) is 4.98 Å². The predicted molar refractivity (Wildman–Crippen MR) is 107 cm³/mol. The van der Waals surface area contributed by atoms with Crippen LogP contribution in [0.3, 0.4) is 0 Å². The van der Waals surface area contributed by atoms with E-state index in [4.69, 9.17) is 0 Å². The summed E-state index contributed by atoms with van der Waals surface area (Å²) in [5.74, 6) is 0.414. The van der Waals surface area contributed by atoms with Crippen molar-refractivity contribution in [2.75, 3.05) is 37.6 Å². The maximum atomic E-state index is 12.2. The Kier molecular flexibility index (Phi) is 9.83. The highest BCUT2D eigenvalue weighted by atomic mass is 127. The van der Waals surface area contributed by atoms with Crippen molar-refractivity contribution in [2.45, 2.75) is 38.8 Å². The average Bonchev–Trinajstić information content (AvgIpc) is 3.17. The lowest BCUT2D eigenvalue weighted by molar-refractivity contribution is -0.132. The standard InChI is InChI=1S/C15H24F3N5S.HI/c1-2-19-13(21-8-6-15(16,17)18)20-7-5-12-11-24-14(22-12)23-9-3-4-10-23;/h11H,2-10H2,1H3,(H2,19,20,21);1H. The van der Waals surface area contributed by atoms with Gasteiger partial charge in [0.25, 0.3) is 0 Å². The molecule has 0 aromatic carbocycles. The maximum absolute atomic E-state index is 12.2. The summed E-state index contributed by atoms with van der Waals surface area (Å²) in [6.07, 6.45) is -1.93. The van der Waals surface area contributed by atoms with E-state index >= 15 is 0 Å². The van der Waals surface area contributed by atoms with Gasteiger partial charge in [-0.1, -0.05) is 0 Å². The maximum Gasteiger partial charge on any atom is 0.390 e. The number of alkyl halides is 3. The van der Waals surface area contributed by atoms with Crippen molar-refractivity contribution in [3.05, 3.63) is 11.1 Å². The van der Waals surface area contributed by atoms with Crippen LogP contribution in [-0.4, -0.2) is 49.8 Å². The van der Waals surface area contributed by atoms with Crippen molar-refractivity contribution in [1.82, 2.24) is 15.6 Å². The lowest BCUT2D eigenvalue weighted by atomic mass is 10.3. The van der Waals surface area contributed by atoms with Crippen LogP contribution in [0.2, 0.25) is 0 Å². The van der Waals surface area contributed by atoms with Gasteiger partial charge in [-0.2, -0.15) is 13.2 Å². The minimum atomic E-state index is -4.17. The third-order valence-electron chi connectivity index (χ3n) is 3.60. The number of nitrogens with zero attached hydrogens (tertiary/aromatic N) is 3. The Morgan fingerprint density at radius 1 is 1.32 bits per heavy atom. The highest BCUT2D eigenvalue weighted by Crippen LogP contribution is 2.24. The molecule has 0 bridgehead atoms. The van der Waals surface area contributed by atoms with Gasteiger partial charge in [0.15, 0.2) is 11.1 Å². The molecular formula is C15H25F3IN5S. The van der Waals surface area contributed by atoms with Gasteiger partial charge in [-0.15, -0.1) is 35.3 Å². The number of aliphatic imine (C=N–C) groups is 1. The lowest BCUT2D eigenvalue weighted by Crippen LogP contribution is -2.38. The van der Waals surface area contributed by atoms with E-state index in [1.165, 1.54) is 12.8 Å². The molecule has 0 unspecified atom stereocenters. The van der Waals surface area contributed by atoms with Crippen molar-refractivity contribution in [3.63, 3.8) is 0 Å². The number of guanidine groups is 1. The van der Waals surface area contributed by atoms with Crippen molar-refractivity contribution in [1.29, 1.82) is 0 Å². The zero-order chi connectivity index (χ0) is 17.4. The minimum Gasteiger partial charge on any atom is -0.357 e. The molecule has 2 rings (SSSR count). The summed E-state index contributed by atoms with van der Waals surface area (Å²) in [7, 11) is 0. The first kappa shape index (κ1) is 22.3. The summed E-state index contributed by atoms with van der Waals surface area (Å²) in [5, 5.41) is 9.12. The van der Waals surface area contributed by atoms with Crippen molar-refractivity contribution in [2.24, 2.45) is 4.99 Å². The van der Waals surface area contributed by atoms with E-state index in [1.54, 1.807) is 11.3 Å². The van der Waals surface area contributed by atoms with Crippen LogP contribution < -0.4 is 15.5 Å². The summed E-state index contributed by atoms with van der Waals surface area (Å²) in [5.41, 5.74) is 1.00. The van der Waals surface area contributed by atoms with Crippen LogP contribution in [-0.2, 0) is 6.42 Å². The summed E-state index contributed by atoms with van der Waals surface area (Å²) in [4.78, 5) is 10.9. The second-order valence-electron chi connectivity index (χ2n) is 5.62. The Balaban J connectivity index is 0.00000312. The van der Waals surface area contributed by atoms with Crippen LogP contribution in [0.4, 0.5) is 18.3 Å². The molecule has 10 heteroatoms. The van der Waals surface area contributed by atoms with Crippen molar-refractivity contribution >= 4 is 46.4 Å². The molecule has 1 aliphatic heterocycles. The minimum absolute atomic E-state index is 0. The van der Waals surface area contributed by atoms with E-state index in [2.05, 4.69) is 25.5 Å². The third kappa shape index (κ3) is 8.43. The van der Waals surface area contributed by atoms with E-state index in [1.807, 2.05) is 12.3 Å². The van der Waals surface area contributed by atoms with E-state index in [-0.39, 0.29) is 30.5 Å². The van der Waals surface area contributed by atoms with Crippen LogP contribution >= 0.6 is 35.3 Å². The molecule has 2 heterocycles. The van der Waals surface area contributed by atoms with Crippen LogP contribution in [0.15, 0.2) is 10.4 Å². The summed E-state index contributed by atoms with van der Waals surface area (Å²) < 4.78 is 36.5. The number of rotatable bonds is 7. The van der Waals surface area contributed by atoms with Gasteiger partial charge in [0, 0.05) is 38.0 Å². The quantitative estimate of drug-likeness (QED) is 0.349. The highest BCUT2D eigenvalue weighted by molar-refractivity contribution is 14.0. The first-order valence-corrected chi connectivity index (χ1v) is 9.14.